The highest BCUT2D eigenvalue weighted by molar-refractivity contribution is 4.75. The van der Waals surface area contributed by atoms with Crippen molar-refractivity contribution in [2.24, 2.45) is 11.8 Å². The molecule has 1 saturated carbocycles. The van der Waals surface area contributed by atoms with Crippen LogP contribution in [0.5, 0.6) is 0 Å². The quantitative estimate of drug-likeness (QED) is 0.539. The van der Waals surface area contributed by atoms with E-state index in [1.54, 1.807) is 0 Å². The molecule has 0 nitrogen and oxygen atoms in total. The summed E-state index contributed by atoms with van der Waals surface area (Å²) in [6.07, 6.45) is 8.85. The van der Waals surface area contributed by atoms with E-state index in [1.807, 2.05) is 13.8 Å². The SMILES string of the molecule is CC.CCCCCC1CC(C)C1. The van der Waals surface area contributed by atoms with Crippen molar-refractivity contribution in [3.63, 3.8) is 0 Å². The second kappa shape index (κ2) is 7.64. The van der Waals surface area contributed by atoms with Gasteiger partial charge in [-0.2, -0.15) is 0 Å². The predicted molar refractivity (Wildman–Crippen MR) is 57.4 cm³/mol. The smallest absolute Gasteiger partial charge is 0.0409 e. The van der Waals surface area contributed by atoms with Crippen LogP contribution in [-0.4, -0.2) is 0 Å². The lowest BCUT2D eigenvalue weighted by Gasteiger charge is -2.32. The van der Waals surface area contributed by atoms with Crippen LogP contribution in [0.1, 0.15) is 66.2 Å². The summed E-state index contributed by atoms with van der Waals surface area (Å²) in [6.45, 7) is 8.65. The molecule has 1 rings (SSSR count). The van der Waals surface area contributed by atoms with Crippen molar-refractivity contribution in [2.75, 3.05) is 0 Å². The highest BCUT2D eigenvalue weighted by Gasteiger charge is 2.23. The lowest BCUT2D eigenvalue weighted by molar-refractivity contribution is 0.195. The van der Waals surface area contributed by atoms with Gasteiger partial charge < -0.3 is 0 Å². The Morgan fingerprint density at radius 3 is 2.08 bits per heavy atom. The molecule has 0 aromatic rings. The third kappa shape index (κ3) is 4.79. The number of hydrogen-bond acceptors (Lipinski definition) is 0. The van der Waals surface area contributed by atoms with Gasteiger partial charge in [-0.3, -0.25) is 0 Å². The minimum atomic E-state index is 1.05. The molecule has 1 aliphatic carbocycles. The molecule has 74 valence electrons. The fourth-order valence-corrected chi connectivity index (χ4v) is 1.99. The molecule has 0 radical (unpaired) electrons. The Kier molecular flexibility index (Phi) is 7.64. The first-order valence-electron chi connectivity index (χ1n) is 5.83. The average Bonchev–Trinajstić information content (AvgIpc) is 2.05. The summed E-state index contributed by atoms with van der Waals surface area (Å²) >= 11 is 0. The van der Waals surface area contributed by atoms with E-state index in [4.69, 9.17) is 0 Å². The molecule has 12 heavy (non-hydrogen) atoms. The molecule has 0 saturated heterocycles. The van der Waals surface area contributed by atoms with E-state index in [9.17, 15) is 0 Å². The number of hydrogen-bond donors (Lipinski definition) is 0. The summed E-state index contributed by atoms with van der Waals surface area (Å²) in [5, 5.41) is 0. The van der Waals surface area contributed by atoms with Crippen molar-refractivity contribution in [3.05, 3.63) is 0 Å². The summed E-state index contributed by atoms with van der Waals surface area (Å²) in [7, 11) is 0. The Balaban J connectivity index is 0.000000561. The van der Waals surface area contributed by atoms with Crippen LogP contribution < -0.4 is 0 Å². The summed E-state index contributed by atoms with van der Waals surface area (Å²) in [6, 6.07) is 0. The van der Waals surface area contributed by atoms with Crippen LogP contribution in [0, 0.1) is 11.8 Å². The van der Waals surface area contributed by atoms with E-state index in [1.165, 1.54) is 38.5 Å². The van der Waals surface area contributed by atoms with Gasteiger partial charge in [-0.25, -0.2) is 0 Å². The first-order chi connectivity index (χ1) is 5.83. The first-order valence-corrected chi connectivity index (χ1v) is 5.83. The monoisotopic (exact) mass is 170 g/mol. The lowest BCUT2D eigenvalue weighted by Crippen LogP contribution is -2.20. The van der Waals surface area contributed by atoms with Crippen molar-refractivity contribution in [1.29, 1.82) is 0 Å². The Hall–Kier alpha value is 0. The van der Waals surface area contributed by atoms with Gasteiger partial charge in [0.1, 0.15) is 0 Å². The third-order valence-corrected chi connectivity index (χ3v) is 2.69. The summed E-state index contributed by atoms with van der Waals surface area (Å²) in [5.41, 5.74) is 0. The van der Waals surface area contributed by atoms with Gasteiger partial charge >= 0.3 is 0 Å². The number of rotatable bonds is 4. The molecular formula is C12H26. The topological polar surface area (TPSA) is 0 Å². The van der Waals surface area contributed by atoms with E-state index < -0.39 is 0 Å². The standard InChI is InChI=1S/C10H20.C2H6/c1-3-4-5-6-10-7-9(2)8-10;1-2/h9-10H,3-8H2,1-2H3;1-2H3. The zero-order chi connectivity index (χ0) is 9.40. The van der Waals surface area contributed by atoms with Gasteiger partial charge in [-0.05, 0) is 24.7 Å². The molecular weight excluding hydrogens is 144 g/mol. The second-order valence-electron chi connectivity index (χ2n) is 3.94. The third-order valence-electron chi connectivity index (χ3n) is 2.69. The van der Waals surface area contributed by atoms with Crippen LogP contribution in [0.3, 0.4) is 0 Å². The van der Waals surface area contributed by atoms with Crippen molar-refractivity contribution in [1.82, 2.24) is 0 Å². The van der Waals surface area contributed by atoms with E-state index in [0.29, 0.717) is 0 Å². The maximum absolute atomic E-state index is 2.37. The Morgan fingerprint density at radius 2 is 1.67 bits per heavy atom. The van der Waals surface area contributed by atoms with Crippen molar-refractivity contribution < 1.29 is 0 Å². The lowest BCUT2D eigenvalue weighted by atomic mass is 9.74. The molecule has 0 amide bonds. The van der Waals surface area contributed by atoms with Gasteiger partial charge in [0, 0.05) is 0 Å². The molecule has 0 atom stereocenters. The van der Waals surface area contributed by atoms with E-state index >= 15 is 0 Å². The average molecular weight is 170 g/mol. The van der Waals surface area contributed by atoms with Crippen molar-refractivity contribution in [2.45, 2.75) is 66.2 Å². The molecule has 1 fully saturated rings. The molecule has 0 bridgehead atoms. The molecule has 0 aromatic carbocycles. The highest BCUT2D eigenvalue weighted by Crippen LogP contribution is 2.36. The van der Waals surface area contributed by atoms with Gasteiger partial charge in [-0.15, -0.1) is 0 Å². The van der Waals surface area contributed by atoms with Gasteiger partial charge in [0.25, 0.3) is 0 Å². The Bertz CT molecular complexity index is 80.0. The minimum absolute atomic E-state index is 1.05. The zero-order valence-electron chi connectivity index (χ0n) is 9.40. The van der Waals surface area contributed by atoms with Gasteiger partial charge in [0.15, 0.2) is 0 Å². The summed E-state index contributed by atoms with van der Waals surface area (Å²) < 4.78 is 0. The second-order valence-corrected chi connectivity index (χ2v) is 3.94. The fourth-order valence-electron chi connectivity index (χ4n) is 1.99. The van der Waals surface area contributed by atoms with Crippen molar-refractivity contribution in [3.8, 4) is 0 Å². The molecule has 0 heteroatoms. The maximum atomic E-state index is 2.37. The van der Waals surface area contributed by atoms with Crippen LogP contribution in [0.4, 0.5) is 0 Å². The normalized spacial score (nSPS) is 27.0. The van der Waals surface area contributed by atoms with E-state index in [0.717, 1.165) is 11.8 Å². The highest BCUT2D eigenvalue weighted by atomic mass is 14.3. The van der Waals surface area contributed by atoms with Crippen LogP contribution in [0.15, 0.2) is 0 Å². The summed E-state index contributed by atoms with van der Waals surface area (Å²) in [5.74, 6) is 2.16. The van der Waals surface area contributed by atoms with Crippen molar-refractivity contribution >= 4 is 0 Å². The van der Waals surface area contributed by atoms with E-state index in [-0.39, 0.29) is 0 Å². The number of unbranched alkanes of at least 4 members (excludes halogenated alkanes) is 2. The molecule has 1 aliphatic rings. The van der Waals surface area contributed by atoms with E-state index in [2.05, 4.69) is 13.8 Å². The first kappa shape index (κ1) is 12.0. The molecule has 0 spiro atoms. The van der Waals surface area contributed by atoms with Gasteiger partial charge in [0.05, 0.1) is 0 Å². The fraction of sp³-hybridized carbons (Fsp3) is 1.00. The molecule has 0 heterocycles. The van der Waals surface area contributed by atoms with Crippen LogP contribution >= 0.6 is 0 Å². The molecule has 0 aliphatic heterocycles. The minimum Gasteiger partial charge on any atom is -0.0683 e. The van der Waals surface area contributed by atoms with Crippen LogP contribution in [0.25, 0.3) is 0 Å². The predicted octanol–water partition coefficient (Wildman–Crippen LogP) is 4.64. The zero-order valence-corrected chi connectivity index (χ0v) is 9.40. The van der Waals surface area contributed by atoms with Gasteiger partial charge in [0.2, 0.25) is 0 Å². The largest absolute Gasteiger partial charge is 0.0683 e. The van der Waals surface area contributed by atoms with Crippen LogP contribution in [0.2, 0.25) is 0 Å². The summed E-state index contributed by atoms with van der Waals surface area (Å²) in [4.78, 5) is 0. The van der Waals surface area contributed by atoms with Gasteiger partial charge in [-0.1, -0.05) is 53.4 Å². The molecule has 0 unspecified atom stereocenters. The van der Waals surface area contributed by atoms with Crippen LogP contribution in [-0.2, 0) is 0 Å². The maximum Gasteiger partial charge on any atom is -0.0409 e. The molecule has 0 N–H and O–H groups in total. The Morgan fingerprint density at radius 1 is 1.08 bits per heavy atom. The Labute approximate surface area is 78.8 Å². The molecule has 0 aromatic heterocycles.